The zero-order valence-corrected chi connectivity index (χ0v) is 15.0. The van der Waals surface area contributed by atoms with Crippen LogP contribution in [0, 0.1) is 0 Å². The van der Waals surface area contributed by atoms with Crippen molar-refractivity contribution in [1.29, 1.82) is 0 Å². The first-order chi connectivity index (χ1) is 11.5. The number of halogens is 2. The number of hydrogen-bond donors (Lipinski definition) is 1. The molecule has 0 spiro atoms. The van der Waals surface area contributed by atoms with E-state index in [1.807, 2.05) is 13.0 Å². The molecule has 0 atom stereocenters. The maximum absolute atomic E-state index is 12.4. The van der Waals surface area contributed by atoms with Crippen molar-refractivity contribution in [3.05, 3.63) is 61.4 Å². The normalized spacial score (nSPS) is 11.0. The number of nitrogens with zero attached hydrogens (tertiary/aromatic N) is 2. The molecular weight excluding hydrogens is 369 g/mol. The quantitative estimate of drug-likeness (QED) is 0.749. The molecule has 2 aromatic heterocycles. The first kappa shape index (κ1) is 17.0. The van der Waals surface area contributed by atoms with Gasteiger partial charge in [-0.25, -0.2) is 9.66 Å². The van der Waals surface area contributed by atoms with Crippen molar-refractivity contribution < 1.29 is 4.79 Å². The second kappa shape index (κ2) is 6.93. The topological polar surface area (TPSA) is 64.0 Å². The standard InChI is InChI=1S/C16H13Cl2N3O2S/c1-2-10-7-11-15(24-10)19-8-21(16(11)23)20-14(22)6-9-3-4-12(17)13(18)5-9/h3-5,7-8H,2,6H2,1H3,(H,20,22). The lowest BCUT2D eigenvalue weighted by Gasteiger charge is -2.08. The molecule has 0 unspecified atom stereocenters. The van der Waals surface area contributed by atoms with Crippen LogP contribution in [0.3, 0.4) is 0 Å². The van der Waals surface area contributed by atoms with E-state index in [1.165, 1.54) is 17.7 Å². The summed E-state index contributed by atoms with van der Waals surface area (Å²) in [5.41, 5.74) is 2.95. The Hall–Kier alpha value is -1.89. The second-order valence-corrected chi connectivity index (χ2v) is 7.09. The average Bonchev–Trinajstić information content (AvgIpc) is 2.98. The lowest BCUT2D eigenvalue weighted by atomic mass is 10.1. The Balaban J connectivity index is 1.81. The summed E-state index contributed by atoms with van der Waals surface area (Å²) in [4.78, 5) is 30.6. The van der Waals surface area contributed by atoms with Gasteiger partial charge in [0.15, 0.2) is 0 Å². The molecular formula is C16H13Cl2N3O2S. The molecule has 5 nitrogen and oxygen atoms in total. The Kier molecular flexibility index (Phi) is 4.89. The van der Waals surface area contributed by atoms with E-state index in [2.05, 4.69) is 10.4 Å². The number of benzene rings is 1. The van der Waals surface area contributed by atoms with Crippen molar-refractivity contribution in [2.24, 2.45) is 0 Å². The van der Waals surface area contributed by atoms with Crippen LogP contribution in [0.15, 0.2) is 35.4 Å². The van der Waals surface area contributed by atoms with E-state index in [-0.39, 0.29) is 17.9 Å². The first-order valence-electron chi connectivity index (χ1n) is 7.21. The summed E-state index contributed by atoms with van der Waals surface area (Å²) in [5, 5.41) is 1.32. The zero-order chi connectivity index (χ0) is 17.3. The Bertz CT molecular complexity index is 981. The summed E-state index contributed by atoms with van der Waals surface area (Å²) < 4.78 is 1.11. The number of aromatic nitrogens is 2. The van der Waals surface area contributed by atoms with Crippen molar-refractivity contribution in [2.45, 2.75) is 19.8 Å². The fraction of sp³-hybridized carbons (Fsp3) is 0.188. The van der Waals surface area contributed by atoms with Gasteiger partial charge in [0.25, 0.3) is 5.56 Å². The van der Waals surface area contributed by atoms with Gasteiger partial charge in [0, 0.05) is 4.88 Å². The number of amides is 1. The molecule has 0 aliphatic rings. The smallest absolute Gasteiger partial charge is 0.273 e. The zero-order valence-electron chi connectivity index (χ0n) is 12.7. The van der Waals surface area contributed by atoms with Gasteiger partial charge in [-0.15, -0.1) is 11.3 Å². The second-order valence-electron chi connectivity index (χ2n) is 5.17. The van der Waals surface area contributed by atoms with Crippen LogP contribution in [0.5, 0.6) is 0 Å². The van der Waals surface area contributed by atoms with E-state index in [1.54, 1.807) is 18.2 Å². The van der Waals surface area contributed by atoms with Gasteiger partial charge in [0.2, 0.25) is 5.91 Å². The van der Waals surface area contributed by atoms with Crippen molar-refractivity contribution in [3.8, 4) is 0 Å². The highest BCUT2D eigenvalue weighted by atomic mass is 35.5. The number of nitrogens with one attached hydrogen (secondary N) is 1. The third kappa shape index (κ3) is 3.45. The fourth-order valence-electron chi connectivity index (χ4n) is 2.24. The highest BCUT2D eigenvalue weighted by molar-refractivity contribution is 7.18. The van der Waals surface area contributed by atoms with Gasteiger partial charge in [-0.2, -0.15) is 0 Å². The molecule has 2 heterocycles. The maximum Gasteiger partial charge on any atom is 0.280 e. The Labute approximate surface area is 151 Å². The number of thiophene rings is 1. The van der Waals surface area contributed by atoms with Crippen LogP contribution in [0.1, 0.15) is 17.4 Å². The monoisotopic (exact) mass is 381 g/mol. The minimum absolute atomic E-state index is 0.0746. The van der Waals surface area contributed by atoms with E-state index in [0.29, 0.717) is 25.8 Å². The van der Waals surface area contributed by atoms with Crippen LogP contribution in [-0.4, -0.2) is 15.6 Å². The molecule has 1 N–H and O–H groups in total. The molecule has 0 radical (unpaired) electrons. The highest BCUT2D eigenvalue weighted by Crippen LogP contribution is 2.23. The molecule has 24 heavy (non-hydrogen) atoms. The average molecular weight is 382 g/mol. The number of fused-ring (bicyclic) bond motifs is 1. The maximum atomic E-state index is 12.4. The Morgan fingerprint density at radius 3 is 2.79 bits per heavy atom. The SMILES string of the molecule is CCc1cc2c(=O)n(NC(=O)Cc3ccc(Cl)c(Cl)c3)cnc2s1. The summed E-state index contributed by atoms with van der Waals surface area (Å²) >= 11 is 13.3. The van der Waals surface area contributed by atoms with Crippen molar-refractivity contribution >= 4 is 50.7 Å². The molecule has 1 aromatic carbocycles. The third-order valence-electron chi connectivity index (χ3n) is 3.45. The van der Waals surface area contributed by atoms with E-state index >= 15 is 0 Å². The number of hydrogen-bond acceptors (Lipinski definition) is 4. The lowest BCUT2D eigenvalue weighted by Crippen LogP contribution is -2.33. The number of rotatable bonds is 4. The minimum atomic E-state index is -0.345. The summed E-state index contributed by atoms with van der Waals surface area (Å²) in [5.74, 6) is -0.345. The van der Waals surface area contributed by atoms with Crippen LogP contribution >= 0.6 is 34.5 Å². The van der Waals surface area contributed by atoms with Gasteiger partial charge in [-0.1, -0.05) is 36.2 Å². The molecule has 0 aliphatic heterocycles. The summed E-state index contributed by atoms with van der Waals surface area (Å²) in [6.07, 6.45) is 2.24. The van der Waals surface area contributed by atoms with E-state index in [4.69, 9.17) is 23.2 Å². The largest absolute Gasteiger partial charge is 0.280 e. The Morgan fingerprint density at radius 2 is 2.08 bits per heavy atom. The first-order valence-corrected chi connectivity index (χ1v) is 8.79. The lowest BCUT2D eigenvalue weighted by molar-refractivity contribution is -0.116. The fourth-order valence-corrected chi connectivity index (χ4v) is 3.48. The number of carbonyl (C=O) groups excluding carboxylic acids is 1. The van der Waals surface area contributed by atoms with Gasteiger partial charge < -0.3 is 0 Å². The van der Waals surface area contributed by atoms with Crippen LogP contribution in [0.4, 0.5) is 0 Å². The molecule has 0 bridgehead atoms. The van der Waals surface area contributed by atoms with E-state index in [9.17, 15) is 9.59 Å². The van der Waals surface area contributed by atoms with Gasteiger partial charge >= 0.3 is 0 Å². The van der Waals surface area contributed by atoms with Gasteiger partial charge in [-0.05, 0) is 30.2 Å². The summed E-state index contributed by atoms with van der Waals surface area (Å²) in [6.45, 7) is 2.02. The summed E-state index contributed by atoms with van der Waals surface area (Å²) in [7, 11) is 0. The minimum Gasteiger partial charge on any atom is -0.273 e. The predicted molar refractivity (Wildman–Crippen MR) is 97.8 cm³/mol. The van der Waals surface area contributed by atoms with Crippen molar-refractivity contribution in [3.63, 3.8) is 0 Å². The number of carbonyl (C=O) groups is 1. The van der Waals surface area contributed by atoms with E-state index < -0.39 is 0 Å². The molecule has 124 valence electrons. The van der Waals surface area contributed by atoms with Crippen LogP contribution < -0.4 is 11.0 Å². The van der Waals surface area contributed by atoms with Crippen molar-refractivity contribution in [2.75, 3.05) is 5.43 Å². The molecule has 3 aromatic rings. The third-order valence-corrected chi connectivity index (χ3v) is 5.37. The molecule has 3 rings (SSSR count). The van der Waals surface area contributed by atoms with Crippen molar-refractivity contribution in [1.82, 2.24) is 9.66 Å². The molecule has 8 heteroatoms. The van der Waals surface area contributed by atoms with Crippen LogP contribution in [0.2, 0.25) is 10.0 Å². The molecule has 0 aliphatic carbocycles. The molecule has 0 fully saturated rings. The van der Waals surface area contributed by atoms with Crippen LogP contribution in [0.25, 0.3) is 10.2 Å². The predicted octanol–water partition coefficient (Wildman–Crippen LogP) is 3.64. The Morgan fingerprint density at radius 1 is 1.29 bits per heavy atom. The highest BCUT2D eigenvalue weighted by Gasteiger charge is 2.11. The van der Waals surface area contributed by atoms with E-state index in [0.717, 1.165) is 16.0 Å². The molecule has 0 saturated heterocycles. The van der Waals surface area contributed by atoms with Gasteiger partial charge in [-0.3, -0.25) is 15.0 Å². The van der Waals surface area contributed by atoms with Gasteiger partial charge in [0.1, 0.15) is 11.2 Å². The molecule has 1 amide bonds. The molecule has 0 saturated carbocycles. The summed E-state index contributed by atoms with van der Waals surface area (Å²) in [6, 6.07) is 6.78. The van der Waals surface area contributed by atoms with Crippen LogP contribution in [-0.2, 0) is 17.6 Å². The number of aryl methyl sites for hydroxylation is 1. The van der Waals surface area contributed by atoms with Gasteiger partial charge in [0.05, 0.1) is 21.9 Å².